The van der Waals surface area contributed by atoms with Crippen molar-refractivity contribution in [3.05, 3.63) is 29.8 Å². The van der Waals surface area contributed by atoms with Gasteiger partial charge < -0.3 is 15.2 Å². The molecule has 0 aliphatic heterocycles. The number of benzene rings is 1. The van der Waals surface area contributed by atoms with Crippen LogP contribution in [0.1, 0.15) is 63.9 Å². The lowest BCUT2D eigenvalue weighted by Crippen LogP contribution is -2.40. The number of carboxylic acid groups (broad SMARTS) is 1. The van der Waals surface area contributed by atoms with Crippen LogP contribution in [0.2, 0.25) is 0 Å². The van der Waals surface area contributed by atoms with E-state index in [1.807, 2.05) is 24.3 Å². The van der Waals surface area contributed by atoms with Crippen LogP contribution >= 0.6 is 0 Å². The zero-order valence-corrected chi connectivity index (χ0v) is 16.4. The number of aliphatic carboxylic acids is 1. The zero-order chi connectivity index (χ0) is 19.5. The first-order valence-electron chi connectivity index (χ1n) is 10.3. The van der Waals surface area contributed by atoms with Crippen molar-refractivity contribution >= 4 is 11.9 Å². The molecule has 2 rings (SSSR count). The first kappa shape index (κ1) is 21.3. The molecular weight excluding hydrogens is 342 g/mol. The van der Waals surface area contributed by atoms with E-state index < -0.39 is 17.8 Å². The number of amides is 1. The minimum absolute atomic E-state index is 0.120. The van der Waals surface area contributed by atoms with E-state index in [1.165, 1.54) is 19.3 Å². The van der Waals surface area contributed by atoms with Crippen LogP contribution in [0.25, 0.3) is 0 Å². The minimum atomic E-state index is -0.848. The van der Waals surface area contributed by atoms with Crippen molar-refractivity contribution < 1.29 is 19.4 Å². The molecule has 1 aromatic rings. The summed E-state index contributed by atoms with van der Waals surface area (Å²) in [6.07, 6.45) is 8.53. The van der Waals surface area contributed by atoms with Gasteiger partial charge in [-0.15, -0.1) is 0 Å². The van der Waals surface area contributed by atoms with E-state index in [4.69, 9.17) is 4.74 Å². The Balaban J connectivity index is 1.75. The molecule has 27 heavy (non-hydrogen) atoms. The van der Waals surface area contributed by atoms with Gasteiger partial charge in [-0.25, -0.2) is 0 Å². The fourth-order valence-corrected chi connectivity index (χ4v) is 3.71. The fraction of sp³-hybridized carbons (Fsp3) is 0.636. The zero-order valence-electron chi connectivity index (χ0n) is 16.4. The SMILES string of the molecule is CCCCCCOc1cccc(CCNC(=O)C2CCCCC2C(=O)O)c1. The molecule has 1 saturated carbocycles. The van der Waals surface area contributed by atoms with Crippen molar-refractivity contribution in [3.8, 4) is 5.75 Å². The van der Waals surface area contributed by atoms with E-state index in [9.17, 15) is 14.7 Å². The second-order valence-electron chi connectivity index (χ2n) is 7.43. The van der Waals surface area contributed by atoms with Crippen molar-refractivity contribution in [1.82, 2.24) is 5.32 Å². The summed E-state index contributed by atoms with van der Waals surface area (Å²) in [5.74, 6) is -1.03. The molecule has 0 saturated heterocycles. The summed E-state index contributed by atoms with van der Waals surface area (Å²) in [5.41, 5.74) is 1.11. The largest absolute Gasteiger partial charge is 0.494 e. The van der Waals surface area contributed by atoms with Gasteiger partial charge in [-0.05, 0) is 43.4 Å². The summed E-state index contributed by atoms with van der Waals surface area (Å²) >= 11 is 0. The highest BCUT2D eigenvalue weighted by Crippen LogP contribution is 2.30. The van der Waals surface area contributed by atoms with Crippen LogP contribution in [0.5, 0.6) is 5.75 Å². The Morgan fingerprint density at radius 2 is 1.93 bits per heavy atom. The molecule has 2 atom stereocenters. The highest BCUT2D eigenvalue weighted by Gasteiger charge is 2.35. The summed E-state index contributed by atoms with van der Waals surface area (Å²) in [4.78, 5) is 23.8. The molecule has 2 N–H and O–H groups in total. The van der Waals surface area contributed by atoms with E-state index in [0.717, 1.165) is 37.2 Å². The molecule has 1 amide bonds. The van der Waals surface area contributed by atoms with Crippen LogP contribution in [0.3, 0.4) is 0 Å². The molecule has 5 nitrogen and oxygen atoms in total. The van der Waals surface area contributed by atoms with Gasteiger partial charge in [0.25, 0.3) is 0 Å². The second kappa shape index (κ2) is 11.6. The van der Waals surface area contributed by atoms with Gasteiger partial charge in [0.05, 0.1) is 18.4 Å². The van der Waals surface area contributed by atoms with Crippen LogP contribution in [0, 0.1) is 11.8 Å². The highest BCUT2D eigenvalue weighted by atomic mass is 16.5. The van der Waals surface area contributed by atoms with E-state index in [1.54, 1.807) is 0 Å². The van der Waals surface area contributed by atoms with Crippen LogP contribution in [-0.2, 0) is 16.0 Å². The van der Waals surface area contributed by atoms with E-state index in [-0.39, 0.29) is 5.91 Å². The second-order valence-corrected chi connectivity index (χ2v) is 7.43. The van der Waals surface area contributed by atoms with Gasteiger partial charge in [-0.2, -0.15) is 0 Å². The Bertz CT molecular complexity index is 602. The standard InChI is InChI=1S/C22H33NO4/c1-2-3-4-7-15-27-18-10-8-9-17(16-18)13-14-23-21(24)19-11-5-6-12-20(19)22(25)26/h8-10,16,19-20H,2-7,11-15H2,1H3,(H,23,24)(H,25,26). The average Bonchev–Trinajstić information content (AvgIpc) is 2.68. The molecule has 0 radical (unpaired) electrons. The molecule has 0 spiro atoms. The number of carboxylic acids is 1. The highest BCUT2D eigenvalue weighted by molar-refractivity contribution is 5.84. The number of rotatable bonds is 11. The van der Waals surface area contributed by atoms with Crippen LogP contribution in [0.15, 0.2) is 24.3 Å². The number of hydrogen-bond donors (Lipinski definition) is 2. The molecule has 0 bridgehead atoms. The maximum absolute atomic E-state index is 12.4. The van der Waals surface area contributed by atoms with Crippen LogP contribution in [0.4, 0.5) is 0 Å². The lowest BCUT2D eigenvalue weighted by molar-refractivity contribution is -0.148. The molecule has 1 aromatic carbocycles. The average molecular weight is 376 g/mol. The van der Waals surface area contributed by atoms with E-state index in [0.29, 0.717) is 25.8 Å². The number of unbranched alkanes of at least 4 members (excludes halogenated alkanes) is 3. The molecule has 5 heteroatoms. The molecular formula is C22H33NO4. The van der Waals surface area contributed by atoms with Crippen molar-refractivity contribution in [3.63, 3.8) is 0 Å². The summed E-state index contributed by atoms with van der Waals surface area (Å²) in [5, 5.41) is 12.2. The third-order valence-corrected chi connectivity index (χ3v) is 5.30. The lowest BCUT2D eigenvalue weighted by Gasteiger charge is -2.27. The van der Waals surface area contributed by atoms with Crippen molar-refractivity contribution in [1.29, 1.82) is 0 Å². The molecule has 1 aliphatic carbocycles. The first-order chi connectivity index (χ1) is 13.1. The number of nitrogens with one attached hydrogen (secondary N) is 1. The van der Waals surface area contributed by atoms with E-state index >= 15 is 0 Å². The number of ether oxygens (including phenoxy) is 1. The molecule has 1 aliphatic rings. The number of carbonyl (C=O) groups excluding carboxylic acids is 1. The van der Waals surface area contributed by atoms with Gasteiger partial charge in [-0.1, -0.05) is 51.2 Å². The Hall–Kier alpha value is -2.04. The summed E-state index contributed by atoms with van der Waals surface area (Å²) < 4.78 is 5.80. The number of hydrogen-bond acceptors (Lipinski definition) is 3. The molecule has 1 fully saturated rings. The Morgan fingerprint density at radius 1 is 1.15 bits per heavy atom. The Labute approximate surface area is 162 Å². The predicted molar refractivity (Wildman–Crippen MR) is 106 cm³/mol. The maximum Gasteiger partial charge on any atom is 0.307 e. The molecule has 2 unspecified atom stereocenters. The van der Waals surface area contributed by atoms with Gasteiger partial charge in [0.2, 0.25) is 5.91 Å². The smallest absolute Gasteiger partial charge is 0.307 e. The van der Waals surface area contributed by atoms with Gasteiger partial charge in [0.1, 0.15) is 5.75 Å². The normalized spacial score (nSPS) is 19.4. The first-order valence-corrected chi connectivity index (χ1v) is 10.3. The molecule has 0 aromatic heterocycles. The summed E-state index contributed by atoms with van der Waals surface area (Å²) in [6.45, 7) is 3.44. The van der Waals surface area contributed by atoms with Gasteiger partial charge >= 0.3 is 5.97 Å². The van der Waals surface area contributed by atoms with Crippen molar-refractivity contribution in [2.24, 2.45) is 11.8 Å². The summed E-state index contributed by atoms with van der Waals surface area (Å²) in [7, 11) is 0. The van der Waals surface area contributed by atoms with Gasteiger partial charge in [-0.3, -0.25) is 9.59 Å². The Kier molecular flexibility index (Phi) is 9.16. The monoisotopic (exact) mass is 375 g/mol. The molecule has 0 heterocycles. The minimum Gasteiger partial charge on any atom is -0.494 e. The molecule has 150 valence electrons. The Morgan fingerprint density at radius 3 is 2.67 bits per heavy atom. The predicted octanol–water partition coefficient (Wildman–Crippen LogP) is 4.20. The van der Waals surface area contributed by atoms with Gasteiger partial charge in [0.15, 0.2) is 0 Å². The third-order valence-electron chi connectivity index (χ3n) is 5.30. The third kappa shape index (κ3) is 7.24. The van der Waals surface area contributed by atoms with Crippen LogP contribution in [-0.4, -0.2) is 30.1 Å². The summed E-state index contributed by atoms with van der Waals surface area (Å²) in [6, 6.07) is 7.98. The number of carbonyl (C=O) groups is 2. The maximum atomic E-state index is 12.4. The van der Waals surface area contributed by atoms with Crippen molar-refractivity contribution in [2.45, 2.75) is 64.7 Å². The van der Waals surface area contributed by atoms with E-state index in [2.05, 4.69) is 12.2 Å². The fourth-order valence-electron chi connectivity index (χ4n) is 3.71. The van der Waals surface area contributed by atoms with Crippen molar-refractivity contribution in [2.75, 3.05) is 13.2 Å². The topological polar surface area (TPSA) is 75.6 Å². The van der Waals surface area contributed by atoms with Gasteiger partial charge in [0, 0.05) is 6.54 Å². The van der Waals surface area contributed by atoms with Crippen LogP contribution < -0.4 is 10.1 Å². The quantitative estimate of drug-likeness (QED) is 0.569. The lowest BCUT2D eigenvalue weighted by atomic mass is 9.78.